The molecule has 0 saturated heterocycles. The maximum atomic E-state index is 12.9. The largest absolute Gasteiger partial charge is 0.323 e. The average molecular weight is 333 g/mol. The van der Waals surface area contributed by atoms with E-state index in [2.05, 4.69) is 11.9 Å². The second-order valence-corrected chi connectivity index (χ2v) is 5.87. The lowest BCUT2D eigenvalue weighted by Crippen LogP contribution is -2.48. The van der Waals surface area contributed by atoms with Crippen molar-refractivity contribution in [2.45, 2.75) is 6.54 Å². The molecule has 4 rings (SSSR count). The Morgan fingerprint density at radius 1 is 1.20 bits per heavy atom. The van der Waals surface area contributed by atoms with Crippen LogP contribution in [0.5, 0.6) is 0 Å². The van der Waals surface area contributed by atoms with Crippen LogP contribution in [0.2, 0.25) is 0 Å². The summed E-state index contributed by atoms with van der Waals surface area (Å²) < 4.78 is 3.74. The molecule has 6 nitrogen and oxygen atoms in total. The molecule has 3 aromatic rings. The van der Waals surface area contributed by atoms with Gasteiger partial charge in [0.15, 0.2) is 17.6 Å². The molecule has 1 aliphatic heterocycles. The van der Waals surface area contributed by atoms with E-state index >= 15 is 0 Å². The van der Waals surface area contributed by atoms with Crippen LogP contribution in [0.4, 0.5) is 11.4 Å². The van der Waals surface area contributed by atoms with Gasteiger partial charge in [-0.05, 0) is 24.3 Å². The minimum atomic E-state index is -0.189. The van der Waals surface area contributed by atoms with Crippen LogP contribution in [0, 0.1) is 0 Å². The van der Waals surface area contributed by atoms with E-state index in [4.69, 9.17) is 0 Å². The van der Waals surface area contributed by atoms with E-state index in [0.29, 0.717) is 5.69 Å². The summed E-state index contributed by atoms with van der Waals surface area (Å²) in [6.07, 6.45) is 3.54. The van der Waals surface area contributed by atoms with E-state index in [9.17, 15) is 9.59 Å². The van der Waals surface area contributed by atoms with E-state index in [0.717, 1.165) is 16.7 Å². The normalized spacial score (nSPS) is 13.4. The maximum absolute atomic E-state index is 12.9. The van der Waals surface area contributed by atoms with Crippen molar-refractivity contribution >= 4 is 40.4 Å². The molecule has 0 fully saturated rings. The molecule has 2 heterocycles. The quantitative estimate of drug-likeness (QED) is 0.746. The molecule has 0 bridgehead atoms. The first-order valence-corrected chi connectivity index (χ1v) is 7.98. The van der Waals surface area contributed by atoms with Gasteiger partial charge in [0.25, 0.3) is 5.91 Å². The molecule has 6 heteroatoms. The van der Waals surface area contributed by atoms with Crippen molar-refractivity contribution in [3.63, 3.8) is 0 Å². The number of benzene rings is 2. The standard InChI is InChI=1S/C19H16N4O2/c1-2-21-13-22(17-10-6-5-9-16(17)21)12-19(25)23-11-18(24)20-14-7-3-4-8-15(14)23/h2-10,13H,1,11-12H2/p+1. The predicted octanol–water partition coefficient (Wildman–Crippen LogP) is 2.01. The highest BCUT2D eigenvalue weighted by atomic mass is 16.2. The molecule has 0 atom stereocenters. The number of nitrogens with zero attached hydrogens (tertiary/aromatic N) is 3. The van der Waals surface area contributed by atoms with E-state index < -0.39 is 0 Å². The van der Waals surface area contributed by atoms with Gasteiger partial charge in [0.2, 0.25) is 12.2 Å². The fourth-order valence-corrected chi connectivity index (χ4v) is 3.16. The predicted molar refractivity (Wildman–Crippen MR) is 95.9 cm³/mol. The lowest BCUT2D eigenvalue weighted by molar-refractivity contribution is -0.658. The Balaban J connectivity index is 1.70. The van der Waals surface area contributed by atoms with E-state index in [1.165, 1.54) is 4.90 Å². The highest BCUT2D eigenvalue weighted by molar-refractivity contribution is 6.09. The first kappa shape index (κ1) is 15.1. The van der Waals surface area contributed by atoms with E-state index in [1.54, 1.807) is 12.3 Å². The van der Waals surface area contributed by atoms with Crippen molar-refractivity contribution in [2.75, 3.05) is 16.8 Å². The average Bonchev–Trinajstić information content (AvgIpc) is 2.99. The number of carbonyl (C=O) groups is 2. The van der Waals surface area contributed by atoms with Crippen molar-refractivity contribution in [1.82, 2.24) is 4.57 Å². The minimum absolute atomic E-state index is 0.0243. The summed E-state index contributed by atoms with van der Waals surface area (Å²) in [6.45, 7) is 3.97. The molecular weight excluding hydrogens is 316 g/mol. The third kappa shape index (κ3) is 2.57. The Kier molecular flexibility index (Phi) is 3.57. The zero-order valence-electron chi connectivity index (χ0n) is 13.6. The van der Waals surface area contributed by atoms with Crippen molar-refractivity contribution in [3.05, 3.63) is 61.4 Å². The van der Waals surface area contributed by atoms with Gasteiger partial charge in [-0.15, -0.1) is 0 Å². The van der Waals surface area contributed by atoms with Gasteiger partial charge in [0, 0.05) is 0 Å². The number of amides is 2. The van der Waals surface area contributed by atoms with Gasteiger partial charge in [-0.1, -0.05) is 30.8 Å². The Bertz CT molecular complexity index is 1010. The number of hydrogen-bond donors (Lipinski definition) is 1. The van der Waals surface area contributed by atoms with Gasteiger partial charge in [0.05, 0.1) is 17.6 Å². The van der Waals surface area contributed by atoms with Gasteiger partial charge in [-0.25, -0.2) is 9.13 Å². The molecular formula is C19H17N4O2+. The van der Waals surface area contributed by atoms with Crippen LogP contribution >= 0.6 is 0 Å². The van der Waals surface area contributed by atoms with Crippen LogP contribution in [0.1, 0.15) is 0 Å². The molecule has 2 aromatic carbocycles. The second kappa shape index (κ2) is 5.90. The van der Waals surface area contributed by atoms with Gasteiger partial charge in [-0.2, -0.15) is 0 Å². The number of hydrogen-bond acceptors (Lipinski definition) is 2. The molecule has 0 unspecified atom stereocenters. The Labute approximate surface area is 144 Å². The molecule has 124 valence electrons. The van der Waals surface area contributed by atoms with Crippen LogP contribution in [-0.4, -0.2) is 22.9 Å². The summed E-state index contributed by atoms with van der Waals surface area (Å²) in [4.78, 5) is 26.4. The summed E-state index contributed by atoms with van der Waals surface area (Å²) in [7, 11) is 0. The van der Waals surface area contributed by atoms with Gasteiger partial charge in [-0.3, -0.25) is 14.5 Å². The van der Waals surface area contributed by atoms with Crippen molar-refractivity contribution in [2.24, 2.45) is 0 Å². The van der Waals surface area contributed by atoms with Gasteiger partial charge < -0.3 is 5.32 Å². The molecule has 25 heavy (non-hydrogen) atoms. The highest BCUT2D eigenvalue weighted by Gasteiger charge is 2.28. The zero-order valence-corrected chi connectivity index (χ0v) is 13.6. The monoisotopic (exact) mass is 333 g/mol. The number of aromatic nitrogens is 2. The Hall–Kier alpha value is -3.41. The fourth-order valence-electron chi connectivity index (χ4n) is 3.16. The Morgan fingerprint density at radius 3 is 2.80 bits per heavy atom. The number of anilines is 2. The Morgan fingerprint density at radius 2 is 1.96 bits per heavy atom. The number of fused-ring (bicyclic) bond motifs is 2. The second-order valence-electron chi connectivity index (χ2n) is 5.87. The SMILES string of the molecule is C=Cn1c[n+](CC(=O)N2CC(=O)Nc3ccccc32)c2ccccc21. The number of para-hydroxylation sites is 4. The molecule has 1 N–H and O–H groups in total. The van der Waals surface area contributed by atoms with Gasteiger partial charge in [0.1, 0.15) is 6.54 Å². The van der Waals surface area contributed by atoms with Crippen LogP contribution in [0.3, 0.4) is 0 Å². The minimum Gasteiger partial charge on any atom is -0.323 e. The zero-order chi connectivity index (χ0) is 17.4. The molecule has 0 spiro atoms. The molecule has 0 radical (unpaired) electrons. The lowest BCUT2D eigenvalue weighted by Gasteiger charge is -2.28. The lowest BCUT2D eigenvalue weighted by atomic mass is 10.2. The first-order valence-electron chi connectivity index (χ1n) is 7.98. The first-order chi connectivity index (χ1) is 12.2. The molecule has 1 aromatic heterocycles. The summed E-state index contributed by atoms with van der Waals surface area (Å²) >= 11 is 0. The molecule has 0 aliphatic carbocycles. The van der Waals surface area contributed by atoms with E-state index in [-0.39, 0.29) is 24.9 Å². The molecule has 1 aliphatic rings. The van der Waals surface area contributed by atoms with Crippen LogP contribution in [0.15, 0.2) is 61.4 Å². The molecule has 2 amide bonds. The number of imidazole rings is 1. The van der Waals surface area contributed by atoms with Crippen molar-refractivity contribution in [1.29, 1.82) is 0 Å². The third-order valence-electron chi connectivity index (χ3n) is 4.31. The van der Waals surface area contributed by atoms with Crippen LogP contribution in [-0.2, 0) is 16.1 Å². The molecule has 0 saturated carbocycles. The summed E-state index contributed by atoms with van der Waals surface area (Å²) in [6, 6.07) is 15.1. The van der Waals surface area contributed by atoms with Crippen molar-refractivity contribution in [3.8, 4) is 0 Å². The fraction of sp³-hybridized carbons (Fsp3) is 0.105. The number of rotatable bonds is 3. The smallest absolute Gasteiger partial charge is 0.269 e. The summed E-state index contributed by atoms with van der Waals surface area (Å²) in [5, 5.41) is 2.79. The number of carbonyl (C=O) groups excluding carboxylic acids is 2. The van der Waals surface area contributed by atoms with Crippen LogP contribution < -0.4 is 14.8 Å². The van der Waals surface area contributed by atoms with Gasteiger partial charge >= 0.3 is 0 Å². The number of nitrogens with one attached hydrogen (secondary N) is 1. The van der Waals surface area contributed by atoms with E-state index in [1.807, 2.05) is 57.9 Å². The van der Waals surface area contributed by atoms with Crippen molar-refractivity contribution < 1.29 is 14.2 Å². The summed E-state index contributed by atoms with van der Waals surface area (Å²) in [5.74, 6) is -0.329. The third-order valence-corrected chi connectivity index (χ3v) is 4.31. The topological polar surface area (TPSA) is 58.2 Å². The highest BCUT2D eigenvalue weighted by Crippen LogP contribution is 2.28. The van der Waals surface area contributed by atoms with Crippen LogP contribution in [0.25, 0.3) is 17.2 Å². The summed E-state index contributed by atoms with van der Waals surface area (Å²) in [5.41, 5.74) is 3.29. The maximum Gasteiger partial charge on any atom is 0.269 e.